The summed E-state index contributed by atoms with van der Waals surface area (Å²) in [5.74, 6) is -0.0641. The van der Waals surface area contributed by atoms with E-state index in [0.717, 1.165) is 9.13 Å². The van der Waals surface area contributed by atoms with Crippen molar-refractivity contribution in [1.82, 2.24) is 4.90 Å². The second-order valence-corrected chi connectivity index (χ2v) is 6.10. The minimum atomic E-state index is -0.0641. The summed E-state index contributed by atoms with van der Waals surface area (Å²) in [5, 5.41) is 0.591. The number of carbonyl (C=O) groups excluding carboxylic acids is 1. The molecule has 2 aromatic rings. The molecule has 0 saturated heterocycles. The van der Waals surface area contributed by atoms with E-state index < -0.39 is 0 Å². The molecule has 0 unspecified atom stereocenters. The van der Waals surface area contributed by atoms with Gasteiger partial charge in [0.1, 0.15) is 0 Å². The summed E-state index contributed by atoms with van der Waals surface area (Å²) in [5.41, 5.74) is 8.01. The normalized spacial score (nSPS) is 10.3. The maximum atomic E-state index is 12.3. The highest BCUT2D eigenvalue weighted by atomic mass is 127. The first-order valence-electron chi connectivity index (χ1n) is 6.02. The van der Waals surface area contributed by atoms with Crippen molar-refractivity contribution in [2.45, 2.75) is 6.54 Å². The molecule has 5 heteroatoms. The van der Waals surface area contributed by atoms with Gasteiger partial charge in [-0.1, -0.05) is 23.7 Å². The molecule has 0 aliphatic carbocycles. The van der Waals surface area contributed by atoms with E-state index in [1.807, 2.05) is 30.3 Å². The molecular formula is C15H14ClIN2O. The van der Waals surface area contributed by atoms with Crippen LogP contribution >= 0.6 is 34.2 Å². The van der Waals surface area contributed by atoms with Crippen molar-refractivity contribution in [3.05, 3.63) is 62.2 Å². The summed E-state index contributed by atoms with van der Waals surface area (Å²) in [6.45, 7) is 0.507. The fourth-order valence-corrected chi connectivity index (χ4v) is 2.40. The Hall–Kier alpha value is -1.27. The molecule has 3 nitrogen and oxygen atoms in total. The van der Waals surface area contributed by atoms with Crippen molar-refractivity contribution in [2.24, 2.45) is 0 Å². The fourth-order valence-electron chi connectivity index (χ4n) is 1.89. The van der Waals surface area contributed by atoms with Crippen LogP contribution in [0.3, 0.4) is 0 Å². The molecular weight excluding hydrogens is 387 g/mol. The molecule has 0 aliphatic heterocycles. The van der Waals surface area contributed by atoms with Gasteiger partial charge in [0.05, 0.1) is 5.02 Å². The number of halogens is 2. The molecule has 104 valence electrons. The lowest BCUT2D eigenvalue weighted by Crippen LogP contribution is -2.26. The maximum absolute atomic E-state index is 12.3. The first kappa shape index (κ1) is 15.1. The van der Waals surface area contributed by atoms with Crippen molar-refractivity contribution in [2.75, 3.05) is 12.8 Å². The van der Waals surface area contributed by atoms with Crippen LogP contribution in [0.15, 0.2) is 42.5 Å². The van der Waals surface area contributed by atoms with E-state index in [1.165, 1.54) is 0 Å². The third-order valence-electron chi connectivity index (χ3n) is 2.88. The zero-order valence-electron chi connectivity index (χ0n) is 10.9. The standard InChI is InChI=1S/C15H14ClIN2O/c1-19(9-10-3-2-4-12(18)7-10)15(20)11-5-6-14(17)13(16)8-11/h2-8H,9,18H2,1H3. The highest BCUT2D eigenvalue weighted by molar-refractivity contribution is 14.1. The Morgan fingerprint density at radius 2 is 2.05 bits per heavy atom. The molecule has 0 bridgehead atoms. The molecule has 1 amide bonds. The second-order valence-electron chi connectivity index (χ2n) is 4.54. The summed E-state index contributed by atoms with van der Waals surface area (Å²) < 4.78 is 0.930. The topological polar surface area (TPSA) is 46.3 Å². The predicted molar refractivity (Wildman–Crippen MR) is 90.8 cm³/mol. The van der Waals surface area contributed by atoms with E-state index in [1.54, 1.807) is 24.1 Å². The number of rotatable bonds is 3. The Morgan fingerprint density at radius 3 is 2.70 bits per heavy atom. The zero-order valence-corrected chi connectivity index (χ0v) is 13.9. The van der Waals surface area contributed by atoms with Gasteiger partial charge in [-0.15, -0.1) is 0 Å². The van der Waals surface area contributed by atoms with E-state index in [0.29, 0.717) is 22.8 Å². The zero-order chi connectivity index (χ0) is 14.7. The summed E-state index contributed by atoms with van der Waals surface area (Å²) in [6.07, 6.45) is 0. The Bertz CT molecular complexity index is 646. The van der Waals surface area contributed by atoms with Crippen LogP contribution in [0.25, 0.3) is 0 Å². The SMILES string of the molecule is CN(Cc1cccc(N)c1)C(=O)c1ccc(I)c(Cl)c1. The largest absolute Gasteiger partial charge is 0.399 e. The van der Waals surface area contributed by atoms with Crippen LogP contribution in [0.2, 0.25) is 5.02 Å². The number of hydrogen-bond acceptors (Lipinski definition) is 2. The van der Waals surface area contributed by atoms with Crippen molar-refractivity contribution in [3.8, 4) is 0 Å². The van der Waals surface area contributed by atoms with Gasteiger partial charge in [0.15, 0.2) is 0 Å². The van der Waals surface area contributed by atoms with Gasteiger partial charge in [-0.3, -0.25) is 4.79 Å². The van der Waals surface area contributed by atoms with E-state index in [2.05, 4.69) is 22.6 Å². The monoisotopic (exact) mass is 400 g/mol. The van der Waals surface area contributed by atoms with E-state index in [-0.39, 0.29) is 5.91 Å². The molecule has 0 radical (unpaired) electrons. The Balaban J connectivity index is 2.14. The molecule has 2 aromatic carbocycles. The Morgan fingerprint density at radius 1 is 1.30 bits per heavy atom. The number of carbonyl (C=O) groups is 1. The van der Waals surface area contributed by atoms with Gasteiger partial charge >= 0.3 is 0 Å². The number of anilines is 1. The van der Waals surface area contributed by atoms with Gasteiger partial charge in [0, 0.05) is 28.4 Å². The first-order chi connectivity index (χ1) is 9.47. The summed E-state index contributed by atoms with van der Waals surface area (Å²) in [4.78, 5) is 14.0. The molecule has 0 atom stereocenters. The van der Waals surface area contributed by atoms with Crippen molar-refractivity contribution in [1.29, 1.82) is 0 Å². The van der Waals surface area contributed by atoms with Gasteiger partial charge in [-0.25, -0.2) is 0 Å². The fraction of sp³-hybridized carbons (Fsp3) is 0.133. The van der Waals surface area contributed by atoms with Gasteiger partial charge in [-0.2, -0.15) is 0 Å². The minimum absolute atomic E-state index is 0.0641. The molecule has 0 aromatic heterocycles. The van der Waals surface area contributed by atoms with Crippen LogP contribution in [0, 0.1) is 3.57 Å². The summed E-state index contributed by atoms with van der Waals surface area (Å²) in [7, 11) is 1.76. The van der Waals surface area contributed by atoms with Crippen molar-refractivity contribution in [3.63, 3.8) is 0 Å². The molecule has 0 heterocycles. The smallest absolute Gasteiger partial charge is 0.253 e. The maximum Gasteiger partial charge on any atom is 0.253 e. The van der Waals surface area contributed by atoms with Gasteiger partial charge in [0.25, 0.3) is 5.91 Å². The van der Waals surface area contributed by atoms with Crippen LogP contribution in [-0.4, -0.2) is 17.9 Å². The molecule has 2 N–H and O–H groups in total. The number of nitrogens with zero attached hydrogens (tertiary/aromatic N) is 1. The Labute approximate surface area is 136 Å². The lowest BCUT2D eigenvalue weighted by atomic mass is 10.1. The van der Waals surface area contributed by atoms with Gasteiger partial charge < -0.3 is 10.6 Å². The third-order valence-corrected chi connectivity index (χ3v) is 4.46. The average molecular weight is 401 g/mol. The lowest BCUT2D eigenvalue weighted by molar-refractivity contribution is 0.0785. The van der Waals surface area contributed by atoms with Gasteiger partial charge in [-0.05, 0) is 58.5 Å². The third kappa shape index (κ3) is 3.64. The molecule has 0 saturated carbocycles. The van der Waals surface area contributed by atoms with Gasteiger partial charge in [0.2, 0.25) is 0 Å². The summed E-state index contributed by atoms with van der Waals surface area (Å²) in [6, 6.07) is 12.8. The predicted octanol–water partition coefficient (Wildman–Crippen LogP) is 3.80. The van der Waals surface area contributed by atoms with Crippen LogP contribution < -0.4 is 5.73 Å². The number of nitrogens with two attached hydrogens (primary N) is 1. The average Bonchev–Trinajstić information content (AvgIpc) is 2.41. The molecule has 2 rings (SSSR count). The van der Waals surface area contributed by atoms with Crippen LogP contribution in [0.5, 0.6) is 0 Å². The highest BCUT2D eigenvalue weighted by Gasteiger charge is 2.13. The second kappa shape index (κ2) is 6.45. The molecule has 0 spiro atoms. The summed E-state index contributed by atoms with van der Waals surface area (Å²) >= 11 is 8.18. The number of nitrogen functional groups attached to an aromatic ring is 1. The first-order valence-corrected chi connectivity index (χ1v) is 7.48. The number of amides is 1. The van der Waals surface area contributed by atoms with E-state index in [4.69, 9.17) is 17.3 Å². The lowest BCUT2D eigenvalue weighted by Gasteiger charge is -2.18. The van der Waals surface area contributed by atoms with Crippen molar-refractivity contribution >= 4 is 45.8 Å². The molecule has 0 aliphatic rings. The minimum Gasteiger partial charge on any atom is -0.399 e. The number of benzene rings is 2. The molecule has 0 fully saturated rings. The Kier molecular flexibility index (Phi) is 4.88. The van der Waals surface area contributed by atoms with Crippen LogP contribution in [0.4, 0.5) is 5.69 Å². The number of hydrogen-bond donors (Lipinski definition) is 1. The van der Waals surface area contributed by atoms with Crippen LogP contribution in [0.1, 0.15) is 15.9 Å². The quantitative estimate of drug-likeness (QED) is 0.629. The van der Waals surface area contributed by atoms with E-state index >= 15 is 0 Å². The van der Waals surface area contributed by atoms with E-state index in [9.17, 15) is 4.79 Å². The van der Waals surface area contributed by atoms with Crippen molar-refractivity contribution < 1.29 is 4.79 Å². The highest BCUT2D eigenvalue weighted by Crippen LogP contribution is 2.20. The molecule has 20 heavy (non-hydrogen) atoms. The van der Waals surface area contributed by atoms with Crippen LogP contribution in [-0.2, 0) is 6.54 Å².